The van der Waals surface area contributed by atoms with Gasteiger partial charge in [-0.25, -0.2) is 4.39 Å². The van der Waals surface area contributed by atoms with Crippen LogP contribution in [0.25, 0.3) is 0 Å². The van der Waals surface area contributed by atoms with Crippen molar-refractivity contribution in [2.75, 3.05) is 31.1 Å². The standard InChI is InChI=1S/C14H19FN2O2/c1-11(19)16-3-2-4-17(6-5-16)14-8-12(10-18)7-13(15)9-14/h7-9,18H,2-6,10H2,1H3. The van der Waals surface area contributed by atoms with Gasteiger partial charge in [-0.2, -0.15) is 0 Å². The predicted octanol–water partition coefficient (Wildman–Crippen LogP) is 1.38. The van der Waals surface area contributed by atoms with Gasteiger partial charge in [-0.1, -0.05) is 0 Å². The van der Waals surface area contributed by atoms with Crippen molar-refractivity contribution in [3.8, 4) is 0 Å². The molecule has 0 unspecified atom stereocenters. The molecule has 0 spiro atoms. The number of nitrogens with zero attached hydrogens (tertiary/aromatic N) is 2. The summed E-state index contributed by atoms with van der Waals surface area (Å²) in [4.78, 5) is 15.2. The van der Waals surface area contributed by atoms with E-state index in [0.29, 0.717) is 18.7 Å². The Balaban J connectivity index is 2.13. The third-order valence-electron chi connectivity index (χ3n) is 3.43. The molecule has 1 amide bonds. The van der Waals surface area contributed by atoms with E-state index in [2.05, 4.69) is 4.90 Å². The van der Waals surface area contributed by atoms with Crippen molar-refractivity contribution in [1.82, 2.24) is 4.90 Å². The maximum absolute atomic E-state index is 13.5. The first-order valence-electron chi connectivity index (χ1n) is 6.51. The third kappa shape index (κ3) is 3.44. The average molecular weight is 266 g/mol. The number of rotatable bonds is 2. The van der Waals surface area contributed by atoms with Gasteiger partial charge in [0.2, 0.25) is 5.91 Å². The van der Waals surface area contributed by atoms with Crippen molar-refractivity contribution in [2.45, 2.75) is 20.0 Å². The SMILES string of the molecule is CC(=O)N1CCCN(c2cc(F)cc(CO)c2)CC1. The molecule has 0 radical (unpaired) electrons. The second kappa shape index (κ2) is 6.02. The van der Waals surface area contributed by atoms with E-state index in [4.69, 9.17) is 5.11 Å². The van der Waals surface area contributed by atoms with Crippen molar-refractivity contribution >= 4 is 11.6 Å². The van der Waals surface area contributed by atoms with Gasteiger partial charge in [0, 0.05) is 38.8 Å². The predicted molar refractivity (Wildman–Crippen MR) is 71.4 cm³/mol. The number of amides is 1. The molecular weight excluding hydrogens is 247 g/mol. The molecule has 1 aliphatic rings. The summed E-state index contributed by atoms with van der Waals surface area (Å²) in [5, 5.41) is 9.12. The maximum atomic E-state index is 13.5. The van der Waals surface area contributed by atoms with Crippen molar-refractivity contribution in [1.29, 1.82) is 0 Å². The Morgan fingerprint density at radius 1 is 1.26 bits per heavy atom. The normalized spacial score (nSPS) is 16.4. The third-order valence-corrected chi connectivity index (χ3v) is 3.43. The summed E-state index contributed by atoms with van der Waals surface area (Å²) in [5.41, 5.74) is 1.34. The van der Waals surface area contributed by atoms with Gasteiger partial charge in [0.15, 0.2) is 0 Å². The summed E-state index contributed by atoms with van der Waals surface area (Å²) in [6, 6.07) is 4.61. The van der Waals surface area contributed by atoms with E-state index in [1.165, 1.54) is 12.1 Å². The number of halogens is 1. The molecule has 0 aliphatic carbocycles. The van der Waals surface area contributed by atoms with E-state index in [1.54, 1.807) is 13.0 Å². The number of hydrogen-bond donors (Lipinski definition) is 1. The molecule has 1 aromatic rings. The van der Waals surface area contributed by atoms with Gasteiger partial charge in [-0.3, -0.25) is 4.79 Å². The Kier molecular flexibility index (Phi) is 4.37. The Labute approximate surface area is 112 Å². The maximum Gasteiger partial charge on any atom is 0.219 e. The summed E-state index contributed by atoms with van der Waals surface area (Å²) in [5.74, 6) is -0.258. The highest BCUT2D eigenvalue weighted by Crippen LogP contribution is 2.20. The number of carbonyl (C=O) groups is 1. The Hall–Kier alpha value is -1.62. The summed E-state index contributed by atoms with van der Waals surface area (Å²) in [7, 11) is 0. The lowest BCUT2D eigenvalue weighted by Crippen LogP contribution is -2.33. The van der Waals surface area contributed by atoms with E-state index in [9.17, 15) is 9.18 Å². The monoisotopic (exact) mass is 266 g/mol. The van der Waals surface area contributed by atoms with Crippen LogP contribution in [0.5, 0.6) is 0 Å². The lowest BCUT2D eigenvalue weighted by Gasteiger charge is -2.23. The molecule has 1 aromatic carbocycles. The first-order valence-corrected chi connectivity index (χ1v) is 6.51. The first-order chi connectivity index (χ1) is 9.10. The fourth-order valence-corrected chi connectivity index (χ4v) is 2.40. The second-order valence-electron chi connectivity index (χ2n) is 4.82. The Bertz CT molecular complexity index is 465. The molecule has 1 fully saturated rings. The molecular formula is C14H19FN2O2. The van der Waals surface area contributed by atoms with E-state index in [-0.39, 0.29) is 18.3 Å². The molecule has 1 saturated heterocycles. The zero-order valence-corrected chi connectivity index (χ0v) is 11.1. The van der Waals surface area contributed by atoms with Crippen molar-refractivity contribution in [3.63, 3.8) is 0 Å². The van der Waals surface area contributed by atoms with Crippen LogP contribution in [0.3, 0.4) is 0 Å². The summed E-state index contributed by atoms with van der Waals surface area (Å²) in [6.45, 7) is 4.28. The summed E-state index contributed by atoms with van der Waals surface area (Å²) in [6.07, 6.45) is 0.866. The molecule has 0 bridgehead atoms. The zero-order valence-electron chi connectivity index (χ0n) is 11.1. The molecule has 5 heteroatoms. The van der Waals surface area contributed by atoms with Crippen LogP contribution in [0.2, 0.25) is 0 Å². The first kappa shape index (κ1) is 13.8. The average Bonchev–Trinajstić information content (AvgIpc) is 2.63. The Morgan fingerprint density at radius 3 is 2.74 bits per heavy atom. The van der Waals surface area contributed by atoms with Crippen molar-refractivity contribution in [2.24, 2.45) is 0 Å². The molecule has 0 aromatic heterocycles. The minimum atomic E-state index is -0.339. The van der Waals surface area contributed by atoms with Crippen molar-refractivity contribution < 1.29 is 14.3 Å². The van der Waals surface area contributed by atoms with E-state index in [0.717, 1.165) is 25.2 Å². The largest absolute Gasteiger partial charge is 0.392 e. The van der Waals surface area contributed by atoms with Crippen LogP contribution in [0, 0.1) is 5.82 Å². The highest BCUT2D eigenvalue weighted by atomic mass is 19.1. The number of aliphatic hydroxyl groups is 1. The number of aliphatic hydroxyl groups excluding tert-OH is 1. The van der Waals surface area contributed by atoms with E-state index in [1.807, 2.05) is 4.90 Å². The van der Waals surface area contributed by atoms with Gasteiger partial charge >= 0.3 is 0 Å². The van der Waals surface area contributed by atoms with Gasteiger partial charge in [-0.05, 0) is 30.2 Å². The molecule has 104 valence electrons. The molecule has 4 nitrogen and oxygen atoms in total. The van der Waals surface area contributed by atoms with E-state index >= 15 is 0 Å². The van der Waals surface area contributed by atoms with Crippen LogP contribution in [0.15, 0.2) is 18.2 Å². The van der Waals surface area contributed by atoms with Crippen LogP contribution in [0.1, 0.15) is 18.9 Å². The van der Waals surface area contributed by atoms with Crippen LogP contribution in [-0.2, 0) is 11.4 Å². The minimum Gasteiger partial charge on any atom is -0.392 e. The van der Waals surface area contributed by atoms with Gasteiger partial charge in [0.05, 0.1) is 6.61 Å². The minimum absolute atomic E-state index is 0.0807. The van der Waals surface area contributed by atoms with Gasteiger partial charge in [0.1, 0.15) is 5.82 Å². The van der Waals surface area contributed by atoms with Gasteiger partial charge in [0.25, 0.3) is 0 Å². The molecule has 1 N–H and O–H groups in total. The lowest BCUT2D eigenvalue weighted by molar-refractivity contribution is -0.128. The van der Waals surface area contributed by atoms with Gasteiger partial charge in [-0.15, -0.1) is 0 Å². The number of carbonyl (C=O) groups excluding carboxylic acids is 1. The zero-order chi connectivity index (χ0) is 13.8. The molecule has 19 heavy (non-hydrogen) atoms. The molecule has 0 saturated carbocycles. The number of anilines is 1. The molecule has 2 rings (SSSR count). The van der Waals surface area contributed by atoms with Crippen LogP contribution < -0.4 is 4.90 Å². The topological polar surface area (TPSA) is 43.8 Å². The Morgan fingerprint density at radius 2 is 2.05 bits per heavy atom. The van der Waals surface area contributed by atoms with Crippen LogP contribution in [-0.4, -0.2) is 42.1 Å². The highest BCUT2D eigenvalue weighted by Gasteiger charge is 2.17. The summed E-state index contributed by atoms with van der Waals surface area (Å²) >= 11 is 0. The van der Waals surface area contributed by atoms with Crippen LogP contribution in [0.4, 0.5) is 10.1 Å². The highest BCUT2D eigenvalue weighted by molar-refractivity contribution is 5.73. The smallest absolute Gasteiger partial charge is 0.219 e. The quantitative estimate of drug-likeness (QED) is 0.879. The second-order valence-corrected chi connectivity index (χ2v) is 4.82. The number of hydrogen-bond acceptors (Lipinski definition) is 3. The molecule has 1 aliphatic heterocycles. The fourth-order valence-electron chi connectivity index (χ4n) is 2.40. The van der Waals surface area contributed by atoms with Crippen molar-refractivity contribution in [3.05, 3.63) is 29.6 Å². The molecule has 1 heterocycles. The fraction of sp³-hybridized carbons (Fsp3) is 0.500. The number of benzene rings is 1. The van der Waals surface area contributed by atoms with Gasteiger partial charge < -0.3 is 14.9 Å². The summed E-state index contributed by atoms with van der Waals surface area (Å²) < 4.78 is 13.5. The van der Waals surface area contributed by atoms with E-state index < -0.39 is 0 Å². The lowest BCUT2D eigenvalue weighted by atomic mass is 10.2. The van der Waals surface area contributed by atoms with Crippen LogP contribution >= 0.6 is 0 Å². The molecule has 0 atom stereocenters.